The SMILES string of the molecule is CC(=O)Nc1cccc(NC(=O)CCc2ncc(-c3ccc(Br)cc3)o2)c1. The normalized spacial score (nSPS) is 10.4. The van der Waals surface area contributed by atoms with Crippen LogP contribution in [0.2, 0.25) is 0 Å². The molecule has 2 N–H and O–H groups in total. The van der Waals surface area contributed by atoms with Crippen molar-refractivity contribution in [2.45, 2.75) is 19.8 Å². The van der Waals surface area contributed by atoms with Gasteiger partial charge in [0.05, 0.1) is 6.20 Å². The van der Waals surface area contributed by atoms with Gasteiger partial charge in [-0.15, -0.1) is 0 Å². The molecule has 0 fully saturated rings. The van der Waals surface area contributed by atoms with Crippen LogP contribution in [0.25, 0.3) is 11.3 Å². The maximum Gasteiger partial charge on any atom is 0.224 e. The van der Waals surface area contributed by atoms with E-state index in [-0.39, 0.29) is 18.2 Å². The van der Waals surface area contributed by atoms with Crippen LogP contribution < -0.4 is 10.6 Å². The number of benzene rings is 2. The summed E-state index contributed by atoms with van der Waals surface area (Å²) in [6, 6.07) is 14.7. The first-order valence-electron chi connectivity index (χ1n) is 8.38. The number of aryl methyl sites for hydroxylation is 1. The molecule has 2 aromatic carbocycles. The molecule has 6 nitrogen and oxygen atoms in total. The number of carbonyl (C=O) groups excluding carboxylic acids is 2. The first-order valence-corrected chi connectivity index (χ1v) is 9.17. The number of nitrogens with zero attached hydrogens (tertiary/aromatic N) is 1. The summed E-state index contributed by atoms with van der Waals surface area (Å²) in [5.41, 5.74) is 2.18. The zero-order chi connectivity index (χ0) is 19.2. The highest BCUT2D eigenvalue weighted by atomic mass is 79.9. The van der Waals surface area contributed by atoms with Gasteiger partial charge < -0.3 is 15.1 Å². The number of oxazole rings is 1. The number of anilines is 2. The Morgan fingerprint density at radius 1 is 1.07 bits per heavy atom. The van der Waals surface area contributed by atoms with E-state index in [1.807, 2.05) is 24.3 Å². The minimum Gasteiger partial charge on any atom is -0.441 e. The molecule has 1 heterocycles. The van der Waals surface area contributed by atoms with Crippen molar-refractivity contribution in [2.24, 2.45) is 0 Å². The average Bonchev–Trinajstić information content (AvgIpc) is 3.09. The van der Waals surface area contributed by atoms with Crippen molar-refractivity contribution in [3.8, 4) is 11.3 Å². The highest BCUT2D eigenvalue weighted by molar-refractivity contribution is 9.10. The molecule has 1 aromatic heterocycles. The van der Waals surface area contributed by atoms with Gasteiger partial charge in [-0.25, -0.2) is 4.98 Å². The third-order valence-corrected chi connectivity index (χ3v) is 4.24. The fraction of sp³-hybridized carbons (Fsp3) is 0.150. The highest BCUT2D eigenvalue weighted by Gasteiger charge is 2.10. The monoisotopic (exact) mass is 427 g/mol. The zero-order valence-electron chi connectivity index (χ0n) is 14.7. The van der Waals surface area contributed by atoms with E-state index in [1.54, 1.807) is 30.5 Å². The smallest absolute Gasteiger partial charge is 0.224 e. The molecular weight excluding hydrogens is 410 g/mol. The number of aromatic nitrogens is 1. The Kier molecular flexibility index (Phi) is 6.03. The summed E-state index contributed by atoms with van der Waals surface area (Å²) in [4.78, 5) is 27.5. The lowest BCUT2D eigenvalue weighted by Crippen LogP contribution is -2.13. The Bertz CT molecular complexity index is 951. The van der Waals surface area contributed by atoms with Crippen LogP contribution >= 0.6 is 15.9 Å². The minimum atomic E-state index is -0.163. The molecule has 0 aliphatic heterocycles. The summed E-state index contributed by atoms with van der Waals surface area (Å²) in [6.45, 7) is 1.43. The van der Waals surface area contributed by atoms with Gasteiger partial charge in [-0.3, -0.25) is 9.59 Å². The van der Waals surface area contributed by atoms with Gasteiger partial charge in [0.2, 0.25) is 11.8 Å². The number of hydrogen-bond donors (Lipinski definition) is 2. The molecule has 0 saturated heterocycles. The first-order chi connectivity index (χ1) is 13.0. The molecule has 3 rings (SSSR count). The molecule has 2 amide bonds. The predicted molar refractivity (Wildman–Crippen MR) is 107 cm³/mol. The molecular formula is C20H18BrN3O3. The number of rotatable bonds is 6. The Morgan fingerprint density at radius 2 is 1.78 bits per heavy atom. The second-order valence-corrected chi connectivity index (χ2v) is 6.85. The van der Waals surface area contributed by atoms with E-state index in [0.717, 1.165) is 10.0 Å². The van der Waals surface area contributed by atoms with Crippen LogP contribution in [-0.4, -0.2) is 16.8 Å². The maximum atomic E-state index is 12.2. The number of nitrogens with one attached hydrogen (secondary N) is 2. The molecule has 0 unspecified atom stereocenters. The Labute approximate surface area is 165 Å². The van der Waals surface area contributed by atoms with E-state index < -0.39 is 0 Å². The lowest BCUT2D eigenvalue weighted by Gasteiger charge is -2.07. The molecule has 138 valence electrons. The van der Waals surface area contributed by atoms with E-state index in [4.69, 9.17) is 4.42 Å². The molecule has 0 bridgehead atoms. The standard InChI is InChI=1S/C20H18BrN3O3/c1-13(25)23-16-3-2-4-17(11-16)24-19(26)9-10-20-22-12-18(27-20)14-5-7-15(21)8-6-14/h2-8,11-12H,9-10H2,1H3,(H,23,25)(H,24,26). The van der Waals surface area contributed by atoms with Gasteiger partial charge >= 0.3 is 0 Å². The van der Waals surface area contributed by atoms with Gasteiger partial charge in [-0.1, -0.05) is 34.1 Å². The van der Waals surface area contributed by atoms with Crippen molar-refractivity contribution < 1.29 is 14.0 Å². The van der Waals surface area contributed by atoms with Crippen molar-refractivity contribution in [3.63, 3.8) is 0 Å². The van der Waals surface area contributed by atoms with Gasteiger partial charge in [0.15, 0.2) is 11.7 Å². The lowest BCUT2D eigenvalue weighted by molar-refractivity contribution is -0.116. The summed E-state index contributed by atoms with van der Waals surface area (Å²) >= 11 is 3.40. The topological polar surface area (TPSA) is 84.2 Å². The van der Waals surface area contributed by atoms with Crippen LogP contribution in [0.1, 0.15) is 19.2 Å². The Morgan fingerprint density at radius 3 is 2.48 bits per heavy atom. The van der Waals surface area contributed by atoms with Crippen LogP contribution in [0.5, 0.6) is 0 Å². The molecule has 0 saturated carbocycles. The first kappa shape index (κ1) is 18.8. The molecule has 0 aliphatic rings. The van der Waals surface area contributed by atoms with E-state index in [0.29, 0.717) is 29.4 Å². The van der Waals surface area contributed by atoms with E-state index in [1.165, 1.54) is 6.92 Å². The van der Waals surface area contributed by atoms with E-state index in [2.05, 4.69) is 31.5 Å². The van der Waals surface area contributed by atoms with Crippen LogP contribution in [0.3, 0.4) is 0 Å². The van der Waals surface area contributed by atoms with Gasteiger partial charge in [-0.2, -0.15) is 0 Å². The molecule has 0 spiro atoms. The van der Waals surface area contributed by atoms with E-state index >= 15 is 0 Å². The predicted octanol–water partition coefficient (Wildman–Crippen LogP) is 4.63. The number of amides is 2. The highest BCUT2D eigenvalue weighted by Crippen LogP contribution is 2.23. The van der Waals surface area contributed by atoms with Crippen LogP contribution in [0.4, 0.5) is 11.4 Å². The fourth-order valence-corrected chi connectivity index (χ4v) is 2.76. The number of carbonyl (C=O) groups is 2. The van der Waals surface area contributed by atoms with Crippen LogP contribution in [0, 0.1) is 0 Å². The molecule has 0 atom stereocenters. The van der Waals surface area contributed by atoms with Crippen LogP contribution in [-0.2, 0) is 16.0 Å². The summed E-state index contributed by atoms with van der Waals surface area (Å²) in [6.07, 6.45) is 2.30. The second-order valence-electron chi connectivity index (χ2n) is 5.94. The van der Waals surface area contributed by atoms with Gasteiger partial charge in [0, 0.05) is 41.2 Å². The number of hydrogen-bond acceptors (Lipinski definition) is 4. The third kappa shape index (κ3) is 5.52. The quantitative estimate of drug-likeness (QED) is 0.600. The molecule has 0 aliphatic carbocycles. The summed E-state index contributed by atoms with van der Waals surface area (Å²) in [5.74, 6) is 0.860. The Balaban J connectivity index is 1.55. The fourth-order valence-electron chi connectivity index (χ4n) is 2.50. The lowest BCUT2D eigenvalue weighted by atomic mass is 10.2. The minimum absolute atomic E-state index is 0.154. The number of halogens is 1. The summed E-state index contributed by atoms with van der Waals surface area (Å²) in [5, 5.41) is 5.49. The molecule has 7 heteroatoms. The van der Waals surface area contributed by atoms with E-state index in [9.17, 15) is 9.59 Å². The molecule has 0 radical (unpaired) electrons. The van der Waals surface area contributed by atoms with Crippen molar-refractivity contribution in [1.82, 2.24) is 4.98 Å². The zero-order valence-corrected chi connectivity index (χ0v) is 16.2. The maximum absolute atomic E-state index is 12.2. The van der Waals surface area contributed by atoms with Crippen molar-refractivity contribution in [2.75, 3.05) is 10.6 Å². The second kappa shape index (κ2) is 8.64. The summed E-state index contributed by atoms with van der Waals surface area (Å²) < 4.78 is 6.71. The largest absolute Gasteiger partial charge is 0.441 e. The summed E-state index contributed by atoms with van der Waals surface area (Å²) in [7, 11) is 0. The molecule has 27 heavy (non-hydrogen) atoms. The third-order valence-electron chi connectivity index (χ3n) is 3.71. The average molecular weight is 428 g/mol. The van der Waals surface area contributed by atoms with Gasteiger partial charge in [0.25, 0.3) is 0 Å². The van der Waals surface area contributed by atoms with Gasteiger partial charge in [0.1, 0.15) is 0 Å². The van der Waals surface area contributed by atoms with Crippen molar-refractivity contribution in [3.05, 3.63) is 65.1 Å². The van der Waals surface area contributed by atoms with Crippen molar-refractivity contribution >= 4 is 39.1 Å². The van der Waals surface area contributed by atoms with Crippen LogP contribution in [0.15, 0.2) is 63.6 Å². The molecule has 3 aromatic rings. The van der Waals surface area contributed by atoms with Gasteiger partial charge in [-0.05, 0) is 30.3 Å². The Hall–Kier alpha value is -2.93. The van der Waals surface area contributed by atoms with Crippen molar-refractivity contribution in [1.29, 1.82) is 0 Å².